The quantitative estimate of drug-likeness (QED) is 0.517. The van der Waals surface area contributed by atoms with Crippen molar-refractivity contribution in [2.24, 2.45) is 5.92 Å². The van der Waals surface area contributed by atoms with Crippen LogP contribution in [-0.2, 0) is 9.59 Å². The van der Waals surface area contributed by atoms with Gasteiger partial charge in [-0.2, -0.15) is 0 Å². The molecule has 1 atom stereocenters. The molecule has 1 aliphatic rings. The van der Waals surface area contributed by atoms with Crippen molar-refractivity contribution in [3.8, 4) is 0 Å². The second-order valence-corrected chi connectivity index (χ2v) is 4.47. The minimum absolute atomic E-state index is 0.0322. The molecule has 8 heteroatoms. The van der Waals surface area contributed by atoms with E-state index in [1.165, 1.54) is 23.1 Å². The van der Waals surface area contributed by atoms with Crippen LogP contribution in [0.3, 0.4) is 0 Å². The van der Waals surface area contributed by atoms with Gasteiger partial charge in [-0.15, -0.1) is 0 Å². The van der Waals surface area contributed by atoms with Crippen molar-refractivity contribution >= 4 is 34.9 Å². The highest BCUT2D eigenvalue weighted by molar-refractivity contribution is 6.32. The maximum absolute atomic E-state index is 11.9. The number of carboxylic acid groups (broad SMARTS) is 1. The van der Waals surface area contributed by atoms with E-state index in [9.17, 15) is 19.7 Å². The van der Waals surface area contributed by atoms with E-state index in [0.717, 1.165) is 0 Å². The first kappa shape index (κ1) is 13.3. The van der Waals surface area contributed by atoms with Crippen LogP contribution >= 0.6 is 11.6 Å². The summed E-state index contributed by atoms with van der Waals surface area (Å²) in [7, 11) is 0. The molecule has 19 heavy (non-hydrogen) atoms. The lowest BCUT2D eigenvalue weighted by Gasteiger charge is -2.16. The zero-order valence-corrected chi connectivity index (χ0v) is 10.3. The fraction of sp³-hybridized carbons (Fsp3) is 0.273. The van der Waals surface area contributed by atoms with Gasteiger partial charge in [-0.1, -0.05) is 11.6 Å². The third kappa shape index (κ3) is 2.37. The number of rotatable bonds is 3. The van der Waals surface area contributed by atoms with Gasteiger partial charge in [0.15, 0.2) is 0 Å². The van der Waals surface area contributed by atoms with Gasteiger partial charge in [0, 0.05) is 12.6 Å². The van der Waals surface area contributed by atoms with Crippen molar-refractivity contribution in [1.29, 1.82) is 0 Å². The molecule has 0 spiro atoms. The second kappa shape index (κ2) is 4.85. The zero-order valence-electron chi connectivity index (χ0n) is 9.58. The molecular weight excluding hydrogens is 276 g/mol. The first-order valence-electron chi connectivity index (χ1n) is 5.40. The first-order chi connectivity index (χ1) is 8.91. The molecule has 1 heterocycles. The molecular formula is C11H9ClN2O5. The molecule has 1 fully saturated rings. The van der Waals surface area contributed by atoms with Crippen molar-refractivity contribution in [2.75, 3.05) is 11.4 Å². The van der Waals surface area contributed by atoms with Gasteiger partial charge in [-0.25, -0.2) is 0 Å². The van der Waals surface area contributed by atoms with Crippen LogP contribution in [-0.4, -0.2) is 28.5 Å². The average molecular weight is 285 g/mol. The van der Waals surface area contributed by atoms with Gasteiger partial charge in [0.1, 0.15) is 10.9 Å². The molecule has 1 unspecified atom stereocenters. The van der Waals surface area contributed by atoms with E-state index in [0.29, 0.717) is 0 Å². The van der Waals surface area contributed by atoms with Crippen LogP contribution in [0.25, 0.3) is 0 Å². The number of hydrogen-bond donors (Lipinski definition) is 1. The summed E-state index contributed by atoms with van der Waals surface area (Å²) in [4.78, 5) is 34.0. The predicted octanol–water partition coefficient (Wildman–Crippen LogP) is 1.69. The number of nitro groups is 1. The second-order valence-electron chi connectivity index (χ2n) is 4.06. The van der Waals surface area contributed by atoms with Crippen molar-refractivity contribution in [3.63, 3.8) is 0 Å². The van der Waals surface area contributed by atoms with Crippen LogP contribution in [0.5, 0.6) is 0 Å². The highest BCUT2D eigenvalue weighted by atomic mass is 35.5. The molecule has 0 aromatic heterocycles. The van der Waals surface area contributed by atoms with Gasteiger partial charge < -0.3 is 10.0 Å². The number of carboxylic acids is 1. The number of carbonyl (C=O) groups is 2. The maximum atomic E-state index is 11.9. The highest BCUT2D eigenvalue weighted by Crippen LogP contribution is 2.32. The summed E-state index contributed by atoms with van der Waals surface area (Å²) in [6, 6.07) is 3.94. The molecule has 1 aromatic rings. The number of amides is 1. The minimum atomic E-state index is -1.18. The summed E-state index contributed by atoms with van der Waals surface area (Å²) in [5.74, 6) is -2.84. The van der Waals surface area contributed by atoms with E-state index < -0.39 is 22.7 Å². The Morgan fingerprint density at radius 2 is 2.21 bits per heavy atom. The molecule has 1 amide bonds. The average Bonchev–Trinajstić information content (AvgIpc) is 2.71. The maximum Gasteiger partial charge on any atom is 0.316 e. The van der Waals surface area contributed by atoms with Gasteiger partial charge >= 0.3 is 5.97 Å². The fourth-order valence-corrected chi connectivity index (χ4v) is 2.16. The topological polar surface area (TPSA) is 101 Å². The van der Waals surface area contributed by atoms with E-state index >= 15 is 0 Å². The lowest BCUT2D eigenvalue weighted by atomic mass is 10.1. The summed E-state index contributed by atoms with van der Waals surface area (Å²) in [6.07, 6.45) is 0.185. The van der Waals surface area contributed by atoms with Gasteiger partial charge in [0.2, 0.25) is 5.91 Å². The van der Waals surface area contributed by atoms with Crippen LogP contribution in [0.15, 0.2) is 18.2 Å². The summed E-state index contributed by atoms with van der Waals surface area (Å²) in [5, 5.41) is 19.6. The molecule has 1 saturated heterocycles. The summed E-state index contributed by atoms with van der Waals surface area (Å²) in [5.41, 5.74) is -0.0319. The number of nitro benzene ring substituents is 1. The summed E-state index contributed by atoms with van der Waals surface area (Å²) < 4.78 is 0. The Labute approximate surface area is 112 Å². The van der Waals surface area contributed by atoms with Crippen LogP contribution < -0.4 is 4.90 Å². The lowest BCUT2D eigenvalue weighted by Crippen LogP contribution is -2.30. The van der Waals surface area contributed by atoms with Crippen molar-refractivity contribution in [3.05, 3.63) is 33.3 Å². The number of halogens is 1. The molecule has 100 valence electrons. The number of anilines is 1. The van der Waals surface area contributed by atoms with E-state index in [-0.39, 0.29) is 29.4 Å². The van der Waals surface area contributed by atoms with E-state index in [4.69, 9.17) is 16.7 Å². The SMILES string of the molecule is O=C(O)C1CCN(c2ccc(Cl)c([N+](=O)[O-])c2)C1=O. The Balaban J connectivity index is 2.34. The number of hydrogen-bond acceptors (Lipinski definition) is 4. The van der Waals surface area contributed by atoms with Gasteiger partial charge in [-0.05, 0) is 18.6 Å². The molecule has 0 bridgehead atoms. The molecule has 1 N–H and O–H groups in total. The number of benzene rings is 1. The lowest BCUT2D eigenvalue weighted by molar-refractivity contribution is -0.384. The molecule has 0 aliphatic carbocycles. The number of carbonyl (C=O) groups excluding carboxylic acids is 1. The summed E-state index contributed by atoms with van der Waals surface area (Å²) in [6.45, 7) is 0.217. The Morgan fingerprint density at radius 3 is 2.74 bits per heavy atom. The predicted molar refractivity (Wildman–Crippen MR) is 66.2 cm³/mol. The van der Waals surface area contributed by atoms with Crippen molar-refractivity contribution in [2.45, 2.75) is 6.42 Å². The fourth-order valence-electron chi connectivity index (χ4n) is 1.97. The highest BCUT2D eigenvalue weighted by Gasteiger charge is 2.38. The molecule has 2 rings (SSSR count). The van der Waals surface area contributed by atoms with Crippen LogP contribution in [0, 0.1) is 16.0 Å². The smallest absolute Gasteiger partial charge is 0.316 e. The van der Waals surface area contributed by atoms with Crippen molar-refractivity contribution in [1.82, 2.24) is 0 Å². The van der Waals surface area contributed by atoms with Gasteiger partial charge in [0.25, 0.3) is 5.69 Å². The van der Waals surface area contributed by atoms with E-state index in [1.54, 1.807) is 0 Å². The van der Waals surface area contributed by atoms with Crippen molar-refractivity contribution < 1.29 is 19.6 Å². The van der Waals surface area contributed by atoms with Crippen LogP contribution in [0.1, 0.15) is 6.42 Å². The van der Waals surface area contributed by atoms with E-state index in [2.05, 4.69) is 0 Å². The Morgan fingerprint density at radius 1 is 1.53 bits per heavy atom. The van der Waals surface area contributed by atoms with Crippen LogP contribution in [0.2, 0.25) is 5.02 Å². The molecule has 1 aromatic carbocycles. The Bertz CT molecular complexity index is 574. The normalized spacial score (nSPS) is 18.7. The van der Waals surface area contributed by atoms with E-state index in [1.807, 2.05) is 0 Å². The number of aliphatic carboxylic acids is 1. The number of nitrogens with zero attached hydrogens (tertiary/aromatic N) is 2. The van der Waals surface area contributed by atoms with Crippen LogP contribution in [0.4, 0.5) is 11.4 Å². The van der Waals surface area contributed by atoms with Gasteiger partial charge in [-0.3, -0.25) is 19.7 Å². The largest absolute Gasteiger partial charge is 0.481 e. The molecule has 1 aliphatic heterocycles. The third-order valence-corrected chi connectivity index (χ3v) is 3.26. The Kier molecular flexibility index (Phi) is 3.39. The minimum Gasteiger partial charge on any atom is -0.481 e. The molecule has 0 saturated carbocycles. The summed E-state index contributed by atoms with van der Waals surface area (Å²) >= 11 is 5.67. The zero-order chi connectivity index (χ0) is 14.2. The molecule has 7 nitrogen and oxygen atoms in total. The monoisotopic (exact) mass is 284 g/mol. The van der Waals surface area contributed by atoms with Gasteiger partial charge in [0.05, 0.1) is 10.6 Å². The Hall–Kier alpha value is -2.15. The third-order valence-electron chi connectivity index (χ3n) is 2.94. The molecule has 0 radical (unpaired) electrons. The standard InChI is InChI=1S/C11H9ClN2O5/c12-8-2-1-6(5-9(8)14(18)19)13-4-3-7(10(13)15)11(16)17/h1-2,5,7H,3-4H2,(H,16,17). The first-order valence-corrected chi connectivity index (χ1v) is 5.77.